The van der Waals surface area contributed by atoms with E-state index in [0.717, 1.165) is 24.9 Å². The molecule has 1 aliphatic rings. The predicted octanol–water partition coefficient (Wildman–Crippen LogP) is 3.31. The molecule has 1 aliphatic heterocycles. The van der Waals surface area contributed by atoms with Crippen molar-refractivity contribution in [2.75, 3.05) is 39.9 Å². The molecule has 1 aromatic rings. The van der Waals surface area contributed by atoms with E-state index in [9.17, 15) is 9.18 Å². The van der Waals surface area contributed by atoms with E-state index in [4.69, 9.17) is 9.47 Å². The van der Waals surface area contributed by atoms with Crippen LogP contribution in [0.1, 0.15) is 38.4 Å². The van der Waals surface area contributed by atoms with Crippen molar-refractivity contribution in [1.29, 1.82) is 0 Å². The lowest BCUT2D eigenvalue weighted by Crippen LogP contribution is -2.50. The van der Waals surface area contributed by atoms with E-state index in [1.165, 1.54) is 12.1 Å². The third-order valence-electron chi connectivity index (χ3n) is 4.65. The number of halogens is 2. The van der Waals surface area contributed by atoms with Crippen LogP contribution in [0.15, 0.2) is 29.3 Å². The van der Waals surface area contributed by atoms with Gasteiger partial charge in [0.05, 0.1) is 13.2 Å². The van der Waals surface area contributed by atoms with Crippen LogP contribution in [0.25, 0.3) is 0 Å². The molecule has 7 nitrogen and oxygen atoms in total. The molecule has 0 radical (unpaired) electrons. The van der Waals surface area contributed by atoms with Crippen LogP contribution in [0.3, 0.4) is 0 Å². The lowest BCUT2D eigenvalue weighted by molar-refractivity contribution is 0.0962. The van der Waals surface area contributed by atoms with Crippen molar-refractivity contribution in [1.82, 2.24) is 15.5 Å². The van der Waals surface area contributed by atoms with Gasteiger partial charge in [-0.3, -0.25) is 4.99 Å². The minimum absolute atomic E-state index is 0. The van der Waals surface area contributed by atoms with Crippen LogP contribution in [0.2, 0.25) is 0 Å². The molecule has 0 aliphatic carbocycles. The number of guanidine groups is 1. The predicted molar refractivity (Wildman–Crippen MR) is 122 cm³/mol. The summed E-state index contributed by atoms with van der Waals surface area (Å²) in [4.78, 5) is 18.2. The summed E-state index contributed by atoms with van der Waals surface area (Å²) >= 11 is 0. The molecular weight excluding hydrogens is 490 g/mol. The summed E-state index contributed by atoms with van der Waals surface area (Å²) in [5, 5.41) is 6.68. The minimum atomic E-state index is -0.272. The van der Waals surface area contributed by atoms with Crippen LogP contribution in [0.4, 0.5) is 9.18 Å². The molecule has 1 fully saturated rings. The first-order valence-electron chi connectivity index (χ1n) is 9.82. The van der Waals surface area contributed by atoms with E-state index in [1.54, 1.807) is 24.1 Å². The highest BCUT2D eigenvalue weighted by atomic mass is 127. The molecule has 1 heterocycles. The molecule has 1 unspecified atom stereocenters. The fraction of sp³-hybridized carbons (Fsp3) is 0.600. The van der Waals surface area contributed by atoms with Crippen molar-refractivity contribution in [2.45, 2.75) is 38.8 Å². The molecule has 0 aromatic heterocycles. The second-order valence-electron chi connectivity index (χ2n) is 6.60. The quantitative estimate of drug-likeness (QED) is 0.327. The highest BCUT2D eigenvalue weighted by molar-refractivity contribution is 14.0. The van der Waals surface area contributed by atoms with E-state index < -0.39 is 0 Å². The molecule has 9 heteroatoms. The number of rotatable bonds is 7. The van der Waals surface area contributed by atoms with Gasteiger partial charge < -0.3 is 25.0 Å². The molecule has 1 atom stereocenters. The maximum absolute atomic E-state index is 13.1. The minimum Gasteiger partial charge on any atom is -0.450 e. The summed E-state index contributed by atoms with van der Waals surface area (Å²) in [6, 6.07) is 6.50. The number of carbonyl (C=O) groups excluding carboxylic acids is 1. The molecule has 0 bridgehead atoms. The van der Waals surface area contributed by atoms with Gasteiger partial charge in [-0.2, -0.15) is 0 Å². The van der Waals surface area contributed by atoms with Crippen molar-refractivity contribution in [3.63, 3.8) is 0 Å². The van der Waals surface area contributed by atoms with E-state index >= 15 is 0 Å². The van der Waals surface area contributed by atoms with Crippen LogP contribution >= 0.6 is 24.0 Å². The summed E-state index contributed by atoms with van der Waals surface area (Å²) in [7, 11) is 1.62. The number of methoxy groups -OCH3 is 1. The zero-order chi connectivity index (χ0) is 20.4. The maximum Gasteiger partial charge on any atom is 0.409 e. The molecule has 164 valence electrons. The Bertz CT molecular complexity index is 637. The summed E-state index contributed by atoms with van der Waals surface area (Å²) < 4.78 is 23.7. The summed E-state index contributed by atoms with van der Waals surface area (Å²) in [6.45, 7) is 6.68. The van der Waals surface area contributed by atoms with Crippen LogP contribution in [-0.2, 0) is 9.47 Å². The molecule has 0 spiro atoms. The Morgan fingerprint density at radius 3 is 2.48 bits per heavy atom. The Balaban J connectivity index is 0.00000420. The fourth-order valence-corrected chi connectivity index (χ4v) is 3.10. The smallest absolute Gasteiger partial charge is 0.409 e. The Morgan fingerprint density at radius 1 is 1.28 bits per heavy atom. The maximum atomic E-state index is 13.1. The Morgan fingerprint density at radius 2 is 1.93 bits per heavy atom. The second kappa shape index (κ2) is 13.6. The van der Waals surface area contributed by atoms with Crippen molar-refractivity contribution in [3.8, 4) is 0 Å². The number of nitrogens with one attached hydrogen (secondary N) is 2. The number of amides is 1. The SMILES string of the molecule is CCNC(=NCC(OC)c1ccc(F)cc1)NC1CCN(C(=O)OCC)CC1.I. The topological polar surface area (TPSA) is 75.2 Å². The van der Waals surface area contributed by atoms with Crippen molar-refractivity contribution >= 4 is 36.0 Å². The zero-order valence-corrected chi connectivity index (χ0v) is 19.6. The molecule has 1 aromatic carbocycles. The van der Waals surface area contributed by atoms with Crippen LogP contribution in [0.5, 0.6) is 0 Å². The van der Waals surface area contributed by atoms with Gasteiger partial charge >= 0.3 is 6.09 Å². The van der Waals surface area contributed by atoms with Crippen molar-refractivity contribution in [3.05, 3.63) is 35.6 Å². The van der Waals surface area contributed by atoms with E-state index in [-0.39, 0.29) is 48.0 Å². The number of piperidine rings is 1. The number of carbonyl (C=O) groups is 1. The van der Waals surface area contributed by atoms with Crippen molar-refractivity contribution in [2.24, 2.45) is 4.99 Å². The van der Waals surface area contributed by atoms with Gasteiger partial charge in [0.25, 0.3) is 0 Å². The standard InChI is InChI=1S/C20H31FN4O3.HI/c1-4-22-19(23-14-18(27-3)15-6-8-16(21)9-7-15)24-17-10-12-25(13-11-17)20(26)28-5-2;/h6-9,17-18H,4-5,10-14H2,1-3H3,(H2,22,23,24);1H. The molecule has 1 amide bonds. The number of likely N-dealkylation sites (tertiary alicyclic amines) is 1. The number of ether oxygens (including phenoxy) is 2. The van der Waals surface area contributed by atoms with Crippen molar-refractivity contribution < 1.29 is 18.7 Å². The average Bonchev–Trinajstić information content (AvgIpc) is 2.70. The first-order chi connectivity index (χ1) is 13.6. The fourth-order valence-electron chi connectivity index (χ4n) is 3.10. The van der Waals surface area contributed by atoms with Gasteiger partial charge in [-0.25, -0.2) is 9.18 Å². The monoisotopic (exact) mass is 522 g/mol. The zero-order valence-electron chi connectivity index (χ0n) is 17.3. The van der Waals surface area contributed by atoms with Crippen LogP contribution in [0, 0.1) is 5.82 Å². The number of nitrogens with zero attached hydrogens (tertiary/aromatic N) is 2. The molecule has 2 N–H and O–H groups in total. The highest BCUT2D eigenvalue weighted by Crippen LogP contribution is 2.17. The Labute approximate surface area is 189 Å². The lowest BCUT2D eigenvalue weighted by atomic mass is 10.1. The molecular formula is C20H32FIN4O3. The summed E-state index contributed by atoms with van der Waals surface area (Å²) in [5.74, 6) is 0.438. The van der Waals surface area contributed by atoms with E-state index in [0.29, 0.717) is 32.2 Å². The Hall–Kier alpha value is -1.62. The number of benzene rings is 1. The van der Waals surface area contributed by atoms with E-state index in [1.807, 2.05) is 13.8 Å². The molecule has 0 saturated carbocycles. The highest BCUT2D eigenvalue weighted by Gasteiger charge is 2.24. The lowest BCUT2D eigenvalue weighted by Gasteiger charge is -2.32. The summed E-state index contributed by atoms with van der Waals surface area (Å²) in [5.41, 5.74) is 0.881. The first-order valence-corrected chi connectivity index (χ1v) is 9.82. The van der Waals surface area contributed by atoms with Crippen LogP contribution < -0.4 is 10.6 Å². The summed E-state index contributed by atoms with van der Waals surface area (Å²) in [6.07, 6.45) is 1.16. The Kier molecular flexibility index (Phi) is 11.9. The van der Waals surface area contributed by atoms with Gasteiger partial charge in [0.15, 0.2) is 5.96 Å². The van der Waals surface area contributed by atoms with E-state index in [2.05, 4.69) is 15.6 Å². The third kappa shape index (κ3) is 8.33. The van der Waals surface area contributed by atoms with Gasteiger partial charge in [0.2, 0.25) is 0 Å². The van der Waals surface area contributed by atoms with Gasteiger partial charge in [0, 0.05) is 32.8 Å². The van der Waals surface area contributed by atoms with Gasteiger partial charge in [0.1, 0.15) is 11.9 Å². The number of hydrogen-bond acceptors (Lipinski definition) is 4. The van der Waals surface area contributed by atoms with Gasteiger partial charge in [-0.15, -0.1) is 24.0 Å². The number of hydrogen-bond donors (Lipinski definition) is 2. The molecule has 2 rings (SSSR count). The normalized spacial score (nSPS) is 16.0. The van der Waals surface area contributed by atoms with Gasteiger partial charge in [-0.1, -0.05) is 12.1 Å². The molecule has 29 heavy (non-hydrogen) atoms. The molecule has 1 saturated heterocycles. The average molecular weight is 522 g/mol. The van der Waals surface area contributed by atoms with Crippen LogP contribution in [-0.4, -0.2) is 62.9 Å². The van der Waals surface area contributed by atoms with Gasteiger partial charge in [-0.05, 0) is 44.4 Å². The largest absolute Gasteiger partial charge is 0.450 e. The third-order valence-corrected chi connectivity index (χ3v) is 4.65. The second-order valence-corrected chi connectivity index (χ2v) is 6.60. The first kappa shape index (κ1) is 25.4. The number of aliphatic imine (C=N–C) groups is 1.